The van der Waals surface area contributed by atoms with Gasteiger partial charge in [-0.1, -0.05) is 6.07 Å². The van der Waals surface area contributed by atoms with Crippen LogP contribution in [-0.4, -0.2) is 31.9 Å². The average Bonchev–Trinajstić information content (AvgIpc) is 2.44. The normalized spacial score (nSPS) is 16.4. The molecule has 0 heterocycles. The van der Waals surface area contributed by atoms with Crippen molar-refractivity contribution in [3.8, 4) is 5.75 Å². The van der Waals surface area contributed by atoms with E-state index in [1.807, 2.05) is 0 Å². The maximum atomic E-state index is 6.13. The van der Waals surface area contributed by atoms with Crippen LogP contribution in [0.2, 0.25) is 0 Å². The maximum absolute atomic E-state index is 6.13. The van der Waals surface area contributed by atoms with Gasteiger partial charge in [0.2, 0.25) is 0 Å². The smallest absolute Gasteiger partial charge is 0.134 e. The minimum absolute atomic E-state index is 0.0378. The molecule has 1 aromatic rings. The second-order valence-corrected chi connectivity index (χ2v) is 6.96. The standard InChI is InChI=1S/C18H29NO2/c1-18(2,3)19-12-17(13-20-4)21-16-10-9-14-7-5-6-8-15(14)11-16/h9-11,17,19H,5-8,12-13H2,1-4H3. The number of benzene rings is 1. The van der Waals surface area contributed by atoms with Gasteiger partial charge in [0.05, 0.1) is 6.61 Å². The van der Waals surface area contributed by atoms with Crippen LogP contribution in [0.3, 0.4) is 0 Å². The van der Waals surface area contributed by atoms with Crippen LogP contribution < -0.4 is 10.1 Å². The Morgan fingerprint density at radius 1 is 1.14 bits per heavy atom. The first-order valence-corrected chi connectivity index (χ1v) is 8.00. The number of nitrogens with one attached hydrogen (secondary N) is 1. The Labute approximate surface area is 129 Å². The van der Waals surface area contributed by atoms with Crippen molar-refractivity contribution >= 4 is 0 Å². The molecular weight excluding hydrogens is 262 g/mol. The summed E-state index contributed by atoms with van der Waals surface area (Å²) in [6, 6.07) is 6.54. The lowest BCUT2D eigenvalue weighted by atomic mass is 9.92. The van der Waals surface area contributed by atoms with Gasteiger partial charge in [0, 0.05) is 19.2 Å². The second-order valence-electron chi connectivity index (χ2n) is 6.96. The molecule has 1 N–H and O–H groups in total. The van der Waals surface area contributed by atoms with Gasteiger partial charge in [0.15, 0.2) is 0 Å². The minimum Gasteiger partial charge on any atom is -0.487 e. The summed E-state index contributed by atoms with van der Waals surface area (Å²) >= 11 is 0. The Balaban J connectivity index is 1.99. The van der Waals surface area contributed by atoms with Gasteiger partial charge in [0.25, 0.3) is 0 Å². The van der Waals surface area contributed by atoms with E-state index < -0.39 is 0 Å². The van der Waals surface area contributed by atoms with E-state index in [4.69, 9.17) is 9.47 Å². The highest BCUT2D eigenvalue weighted by molar-refractivity contribution is 5.37. The zero-order valence-electron chi connectivity index (χ0n) is 13.9. The quantitative estimate of drug-likeness (QED) is 0.872. The lowest BCUT2D eigenvalue weighted by Crippen LogP contribution is -2.44. The summed E-state index contributed by atoms with van der Waals surface area (Å²) in [6.45, 7) is 7.87. The Bertz CT molecular complexity index is 451. The third-order valence-corrected chi connectivity index (χ3v) is 3.84. The summed E-state index contributed by atoms with van der Waals surface area (Å²) in [5.74, 6) is 0.966. The zero-order chi connectivity index (χ0) is 15.3. The number of ether oxygens (including phenoxy) is 2. The summed E-state index contributed by atoms with van der Waals surface area (Å²) in [5.41, 5.74) is 3.04. The van der Waals surface area contributed by atoms with Crippen molar-refractivity contribution in [1.82, 2.24) is 5.32 Å². The molecule has 1 atom stereocenters. The molecule has 0 spiro atoms. The van der Waals surface area contributed by atoms with Gasteiger partial charge in [-0.2, -0.15) is 0 Å². The van der Waals surface area contributed by atoms with Crippen molar-refractivity contribution in [2.75, 3.05) is 20.3 Å². The van der Waals surface area contributed by atoms with Gasteiger partial charge in [0.1, 0.15) is 11.9 Å². The molecule has 1 aromatic carbocycles. The second kappa shape index (κ2) is 7.28. The first-order chi connectivity index (χ1) is 9.98. The fourth-order valence-corrected chi connectivity index (χ4v) is 2.72. The molecule has 0 amide bonds. The van der Waals surface area contributed by atoms with Crippen LogP contribution in [0.25, 0.3) is 0 Å². The van der Waals surface area contributed by atoms with E-state index in [0.29, 0.717) is 6.61 Å². The number of aryl methyl sites for hydroxylation is 2. The topological polar surface area (TPSA) is 30.5 Å². The average molecular weight is 291 g/mol. The molecule has 0 aliphatic heterocycles. The Hall–Kier alpha value is -1.06. The summed E-state index contributed by atoms with van der Waals surface area (Å²) in [6.07, 6.45) is 5.04. The highest BCUT2D eigenvalue weighted by Gasteiger charge is 2.17. The van der Waals surface area contributed by atoms with E-state index in [1.165, 1.54) is 36.8 Å². The highest BCUT2D eigenvalue weighted by Crippen LogP contribution is 2.25. The Morgan fingerprint density at radius 3 is 2.52 bits per heavy atom. The first-order valence-electron chi connectivity index (χ1n) is 8.00. The fourth-order valence-electron chi connectivity index (χ4n) is 2.72. The van der Waals surface area contributed by atoms with Crippen LogP contribution in [0, 0.1) is 0 Å². The van der Waals surface area contributed by atoms with Crippen LogP contribution in [0.1, 0.15) is 44.7 Å². The lowest BCUT2D eigenvalue weighted by Gasteiger charge is -2.26. The molecule has 0 radical (unpaired) electrons. The van der Waals surface area contributed by atoms with Crippen molar-refractivity contribution in [1.29, 1.82) is 0 Å². The number of methoxy groups -OCH3 is 1. The van der Waals surface area contributed by atoms with Gasteiger partial charge < -0.3 is 14.8 Å². The molecule has 0 aromatic heterocycles. The third-order valence-electron chi connectivity index (χ3n) is 3.84. The molecular formula is C18H29NO2. The van der Waals surface area contributed by atoms with Crippen molar-refractivity contribution < 1.29 is 9.47 Å². The largest absolute Gasteiger partial charge is 0.487 e. The van der Waals surface area contributed by atoms with Gasteiger partial charge in [-0.05, 0) is 69.7 Å². The minimum atomic E-state index is 0.0378. The van der Waals surface area contributed by atoms with Crippen LogP contribution >= 0.6 is 0 Å². The highest BCUT2D eigenvalue weighted by atomic mass is 16.5. The predicted octanol–water partition coefficient (Wildman–Crippen LogP) is 3.35. The molecule has 1 unspecified atom stereocenters. The van der Waals surface area contributed by atoms with E-state index >= 15 is 0 Å². The van der Waals surface area contributed by atoms with Crippen molar-refractivity contribution in [3.05, 3.63) is 29.3 Å². The summed E-state index contributed by atoms with van der Waals surface area (Å²) in [4.78, 5) is 0. The Morgan fingerprint density at radius 2 is 1.86 bits per heavy atom. The van der Waals surface area contributed by atoms with Crippen LogP contribution in [0.15, 0.2) is 18.2 Å². The Kier molecular flexibility index (Phi) is 5.65. The van der Waals surface area contributed by atoms with Gasteiger partial charge in [-0.3, -0.25) is 0 Å². The number of hydrogen-bond acceptors (Lipinski definition) is 3. The molecule has 2 rings (SSSR count). The molecule has 3 nitrogen and oxygen atoms in total. The van der Waals surface area contributed by atoms with Gasteiger partial charge in [-0.15, -0.1) is 0 Å². The van der Waals surface area contributed by atoms with E-state index in [9.17, 15) is 0 Å². The molecule has 118 valence electrons. The van der Waals surface area contributed by atoms with Crippen LogP contribution in [0.4, 0.5) is 0 Å². The third kappa shape index (κ3) is 5.33. The van der Waals surface area contributed by atoms with Crippen LogP contribution in [-0.2, 0) is 17.6 Å². The fraction of sp³-hybridized carbons (Fsp3) is 0.667. The van der Waals surface area contributed by atoms with Gasteiger partial charge in [-0.25, -0.2) is 0 Å². The number of rotatable bonds is 6. The van der Waals surface area contributed by atoms with E-state index in [2.05, 4.69) is 44.3 Å². The van der Waals surface area contributed by atoms with Crippen molar-refractivity contribution in [2.24, 2.45) is 0 Å². The summed E-state index contributed by atoms with van der Waals surface area (Å²) in [5, 5.41) is 3.48. The van der Waals surface area contributed by atoms with Crippen LogP contribution in [0.5, 0.6) is 5.75 Å². The predicted molar refractivity (Wildman–Crippen MR) is 87.1 cm³/mol. The number of hydrogen-bond donors (Lipinski definition) is 1. The molecule has 3 heteroatoms. The van der Waals surface area contributed by atoms with E-state index in [-0.39, 0.29) is 11.6 Å². The molecule has 0 fully saturated rings. The van der Waals surface area contributed by atoms with Crippen molar-refractivity contribution in [2.45, 2.75) is 58.1 Å². The molecule has 0 bridgehead atoms. The lowest BCUT2D eigenvalue weighted by molar-refractivity contribution is 0.0764. The summed E-state index contributed by atoms with van der Waals surface area (Å²) in [7, 11) is 1.72. The van der Waals surface area contributed by atoms with Gasteiger partial charge >= 0.3 is 0 Å². The van der Waals surface area contributed by atoms with E-state index in [0.717, 1.165) is 12.3 Å². The van der Waals surface area contributed by atoms with E-state index in [1.54, 1.807) is 7.11 Å². The molecule has 1 aliphatic carbocycles. The molecule has 0 saturated heterocycles. The summed E-state index contributed by atoms with van der Waals surface area (Å²) < 4.78 is 11.4. The molecule has 21 heavy (non-hydrogen) atoms. The number of fused-ring (bicyclic) bond motifs is 1. The maximum Gasteiger partial charge on any atom is 0.134 e. The molecule has 1 aliphatic rings. The first kappa shape index (κ1) is 16.3. The molecule has 0 saturated carbocycles. The monoisotopic (exact) mass is 291 g/mol. The van der Waals surface area contributed by atoms with Crippen molar-refractivity contribution in [3.63, 3.8) is 0 Å². The zero-order valence-corrected chi connectivity index (χ0v) is 13.9. The SMILES string of the molecule is COCC(CNC(C)(C)C)Oc1ccc2c(c1)CCCC2.